The smallest absolute Gasteiger partial charge is 0.315 e. The molecule has 3 N–H and O–H groups in total. The zero-order valence-corrected chi connectivity index (χ0v) is 13.0. The first-order chi connectivity index (χ1) is 10.0. The van der Waals surface area contributed by atoms with Crippen LogP contribution in [-0.4, -0.2) is 25.0 Å². The highest BCUT2D eigenvalue weighted by Gasteiger charge is 2.11. The fourth-order valence-electron chi connectivity index (χ4n) is 2.04. The maximum Gasteiger partial charge on any atom is 0.315 e. The summed E-state index contributed by atoms with van der Waals surface area (Å²) in [4.78, 5) is 23.2. The molecule has 1 rings (SSSR count). The maximum atomic E-state index is 11.8. The van der Waals surface area contributed by atoms with Crippen LogP contribution in [0.5, 0.6) is 0 Å². The third kappa shape index (κ3) is 6.29. The lowest BCUT2D eigenvalue weighted by Crippen LogP contribution is -2.39. The first-order valence-corrected chi connectivity index (χ1v) is 7.41. The highest BCUT2D eigenvalue weighted by atomic mass is 16.2. The van der Waals surface area contributed by atoms with Crippen molar-refractivity contribution in [2.45, 2.75) is 39.7 Å². The van der Waals surface area contributed by atoms with Gasteiger partial charge in [-0.25, -0.2) is 4.79 Å². The van der Waals surface area contributed by atoms with Gasteiger partial charge in [0, 0.05) is 19.5 Å². The van der Waals surface area contributed by atoms with Crippen molar-refractivity contribution in [3.63, 3.8) is 0 Å². The van der Waals surface area contributed by atoms with E-state index < -0.39 is 0 Å². The predicted octanol–water partition coefficient (Wildman–Crippen LogP) is 2.27. The Hall–Kier alpha value is -2.04. The van der Waals surface area contributed by atoms with Gasteiger partial charge in [0.25, 0.3) is 0 Å². The third-order valence-electron chi connectivity index (χ3n) is 3.21. The second-order valence-electron chi connectivity index (χ2n) is 5.08. The molecule has 3 amide bonds. The van der Waals surface area contributed by atoms with Gasteiger partial charge in [-0.2, -0.15) is 0 Å². The zero-order chi connectivity index (χ0) is 15.7. The standard InChI is InChI=1S/C16H25N3O2/c1-4-10-17-15(20)9-11-18-16(21)19-13(3)14-8-6-5-7-12(14)2/h5-8,13H,4,9-11H2,1-3H3,(H,17,20)(H2,18,19,21). The Morgan fingerprint density at radius 2 is 1.86 bits per heavy atom. The van der Waals surface area contributed by atoms with E-state index in [-0.39, 0.29) is 18.0 Å². The molecule has 0 aliphatic rings. The van der Waals surface area contributed by atoms with Crippen molar-refractivity contribution >= 4 is 11.9 Å². The molecule has 0 aliphatic carbocycles. The Kier molecular flexibility index (Phi) is 7.29. The SMILES string of the molecule is CCCNC(=O)CCNC(=O)NC(C)c1ccccc1C. The van der Waals surface area contributed by atoms with Crippen molar-refractivity contribution in [2.24, 2.45) is 0 Å². The molecule has 0 heterocycles. The van der Waals surface area contributed by atoms with Gasteiger partial charge in [-0.05, 0) is 31.4 Å². The first-order valence-electron chi connectivity index (χ1n) is 7.41. The molecule has 0 spiro atoms. The van der Waals surface area contributed by atoms with E-state index in [0.29, 0.717) is 19.5 Å². The van der Waals surface area contributed by atoms with Crippen LogP contribution in [0.25, 0.3) is 0 Å². The normalized spacial score (nSPS) is 11.6. The number of benzene rings is 1. The Morgan fingerprint density at radius 1 is 1.14 bits per heavy atom. The monoisotopic (exact) mass is 291 g/mol. The Balaban J connectivity index is 2.31. The number of nitrogens with one attached hydrogen (secondary N) is 3. The van der Waals surface area contributed by atoms with Crippen LogP contribution in [0.15, 0.2) is 24.3 Å². The van der Waals surface area contributed by atoms with E-state index in [1.54, 1.807) is 0 Å². The molecular weight excluding hydrogens is 266 g/mol. The van der Waals surface area contributed by atoms with Gasteiger partial charge in [0.2, 0.25) is 5.91 Å². The molecule has 0 aromatic heterocycles. The van der Waals surface area contributed by atoms with Gasteiger partial charge in [-0.3, -0.25) is 4.79 Å². The zero-order valence-electron chi connectivity index (χ0n) is 13.0. The molecule has 5 nitrogen and oxygen atoms in total. The number of carbonyl (C=O) groups is 2. The van der Waals surface area contributed by atoms with Crippen molar-refractivity contribution in [3.05, 3.63) is 35.4 Å². The average molecular weight is 291 g/mol. The minimum absolute atomic E-state index is 0.0379. The van der Waals surface area contributed by atoms with Crippen LogP contribution in [0, 0.1) is 6.92 Å². The number of hydrogen-bond donors (Lipinski definition) is 3. The number of amides is 3. The van der Waals surface area contributed by atoms with Gasteiger partial charge in [0.1, 0.15) is 0 Å². The van der Waals surface area contributed by atoms with Gasteiger partial charge in [0.15, 0.2) is 0 Å². The summed E-state index contributed by atoms with van der Waals surface area (Å²) in [6.45, 7) is 6.97. The molecule has 1 unspecified atom stereocenters. The fourth-order valence-corrected chi connectivity index (χ4v) is 2.04. The molecule has 21 heavy (non-hydrogen) atoms. The van der Waals surface area contributed by atoms with Crippen LogP contribution >= 0.6 is 0 Å². The van der Waals surface area contributed by atoms with E-state index in [1.807, 2.05) is 45.0 Å². The fraction of sp³-hybridized carbons (Fsp3) is 0.500. The molecule has 0 fully saturated rings. The molecule has 0 saturated carbocycles. The molecule has 0 bridgehead atoms. The number of hydrogen-bond acceptors (Lipinski definition) is 2. The minimum Gasteiger partial charge on any atom is -0.356 e. The summed E-state index contributed by atoms with van der Waals surface area (Å²) >= 11 is 0. The van der Waals surface area contributed by atoms with Crippen LogP contribution in [0.2, 0.25) is 0 Å². The summed E-state index contributed by atoms with van der Waals surface area (Å²) in [5, 5.41) is 8.34. The lowest BCUT2D eigenvalue weighted by atomic mass is 10.0. The molecule has 1 aromatic carbocycles. The number of aryl methyl sites for hydroxylation is 1. The highest BCUT2D eigenvalue weighted by molar-refractivity contribution is 5.78. The summed E-state index contributed by atoms with van der Waals surface area (Å²) in [6, 6.07) is 7.62. The lowest BCUT2D eigenvalue weighted by molar-refractivity contribution is -0.120. The lowest BCUT2D eigenvalue weighted by Gasteiger charge is -2.17. The summed E-state index contributed by atoms with van der Waals surface area (Å²) in [5.41, 5.74) is 2.23. The summed E-state index contributed by atoms with van der Waals surface area (Å²) in [6.07, 6.45) is 1.21. The quantitative estimate of drug-likeness (QED) is 0.721. The number of urea groups is 1. The van der Waals surface area contributed by atoms with E-state index >= 15 is 0 Å². The average Bonchev–Trinajstić information content (AvgIpc) is 2.45. The first kappa shape index (κ1) is 17.0. The highest BCUT2D eigenvalue weighted by Crippen LogP contribution is 2.16. The minimum atomic E-state index is -0.256. The van der Waals surface area contributed by atoms with E-state index in [1.165, 1.54) is 0 Å². The van der Waals surface area contributed by atoms with E-state index in [4.69, 9.17) is 0 Å². The topological polar surface area (TPSA) is 70.2 Å². The molecule has 0 radical (unpaired) electrons. The Bertz CT molecular complexity index is 474. The summed E-state index contributed by atoms with van der Waals surface area (Å²) in [5.74, 6) is -0.0379. The summed E-state index contributed by atoms with van der Waals surface area (Å²) in [7, 11) is 0. The number of carbonyl (C=O) groups excluding carboxylic acids is 2. The van der Waals surface area contributed by atoms with Gasteiger partial charge in [0.05, 0.1) is 6.04 Å². The van der Waals surface area contributed by atoms with Crippen LogP contribution < -0.4 is 16.0 Å². The second-order valence-corrected chi connectivity index (χ2v) is 5.08. The molecule has 116 valence electrons. The van der Waals surface area contributed by atoms with E-state index in [2.05, 4.69) is 16.0 Å². The third-order valence-corrected chi connectivity index (χ3v) is 3.21. The molecule has 1 atom stereocenters. The second kappa shape index (κ2) is 9.00. The van der Waals surface area contributed by atoms with Crippen molar-refractivity contribution in [1.29, 1.82) is 0 Å². The van der Waals surface area contributed by atoms with Crippen molar-refractivity contribution in [3.8, 4) is 0 Å². The molecule has 1 aromatic rings. The molecule has 0 saturated heterocycles. The van der Waals surface area contributed by atoms with Crippen molar-refractivity contribution in [2.75, 3.05) is 13.1 Å². The van der Waals surface area contributed by atoms with Crippen LogP contribution in [-0.2, 0) is 4.79 Å². The van der Waals surface area contributed by atoms with Crippen LogP contribution in [0.4, 0.5) is 4.79 Å². The Morgan fingerprint density at radius 3 is 2.52 bits per heavy atom. The van der Waals surface area contributed by atoms with Crippen LogP contribution in [0.3, 0.4) is 0 Å². The summed E-state index contributed by atoms with van der Waals surface area (Å²) < 4.78 is 0. The van der Waals surface area contributed by atoms with Gasteiger partial charge in [-0.1, -0.05) is 31.2 Å². The van der Waals surface area contributed by atoms with Crippen LogP contribution in [0.1, 0.15) is 43.9 Å². The van der Waals surface area contributed by atoms with E-state index in [9.17, 15) is 9.59 Å². The Labute approximate surface area is 126 Å². The van der Waals surface area contributed by atoms with Crippen molar-refractivity contribution in [1.82, 2.24) is 16.0 Å². The van der Waals surface area contributed by atoms with Gasteiger partial charge in [-0.15, -0.1) is 0 Å². The molecular formula is C16H25N3O2. The van der Waals surface area contributed by atoms with E-state index in [0.717, 1.165) is 17.5 Å². The number of rotatable bonds is 7. The predicted molar refractivity (Wildman–Crippen MR) is 84.0 cm³/mol. The van der Waals surface area contributed by atoms with Gasteiger partial charge < -0.3 is 16.0 Å². The van der Waals surface area contributed by atoms with Crippen molar-refractivity contribution < 1.29 is 9.59 Å². The largest absolute Gasteiger partial charge is 0.356 e. The maximum absolute atomic E-state index is 11.8. The molecule has 0 aliphatic heterocycles. The molecule has 5 heteroatoms. The van der Waals surface area contributed by atoms with Gasteiger partial charge >= 0.3 is 6.03 Å².